The van der Waals surface area contributed by atoms with Gasteiger partial charge in [0.1, 0.15) is 11.6 Å². The highest BCUT2D eigenvalue weighted by atomic mass is 32.2. The van der Waals surface area contributed by atoms with Crippen LogP contribution in [0.1, 0.15) is 11.4 Å². The van der Waals surface area contributed by atoms with Crippen molar-refractivity contribution in [2.45, 2.75) is 18.7 Å². The van der Waals surface area contributed by atoms with Gasteiger partial charge in [0.05, 0.1) is 27.2 Å². The van der Waals surface area contributed by atoms with E-state index in [2.05, 4.69) is 9.71 Å². The highest BCUT2D eigenvalue weighted by Crippen LogP contribution is 2.23. The van der Waals surface area contributed by atoms with Crippen LogP contribution in [0.2, 0.25) is 0 Å². The number of hydrogen-bond acceptors (Lipinski definition) is 4. The Labute approximate surface area is 172 Å². The second-order valence-electron chi connectivity index (χ2n) is 6.90. The minimum atomic E-state index is -4.01. The molecule has 4 aromatic rings. The number of fused-ring (bicyclic) bond motifs is 1. The smallest absolute Gasteiger partial charge is 0.265 e. The number of halogens is 1. The lowest BCUT2D eigenvalue weighted by atomic mass is 10.2. The number of nitrogens with zero attached hydrogens (tertiary/aromatic N) is 2. The number of para-hydroxylation sites is 1. The number of aromatic nitrogens is 2. The van der Waals surface area contributed by atoms with Crippen LogP contribution in [0.4, 0.5) is 10.1 Å². The number of anilines is 1. The van der Waals surface area contributed by atoms with E-state index in [0.717, 1.165) is 11.6 Å². The lowest BCUT2D eigenvalue weighted by Gasteiger charge is -2.14. The maximum absolute atomic E-state index is 14.4. The highest BCUT2D eigenvalue weighted by molar-refractivity contribution is 7.92. The van der Waals surface area contributed by atoms with E-state index in [0.29, 0.717) is 22.4 Å². The zero-order chi connectivity index (χ0) is 21.5. The van der Waals surface area contributed by atoms with Crippen molar-refractivity contribution >= 4 is 26.6 Å². The summed E-state index contributed by atoms with van der Waals surface area (Å²) in [5, 5.41) is 0.411. The molecule has 0 atom stereocenters. The van der Waals surface area contributed by atoms with Crippen LogP contribution in [0.5, 0.6) is 0 Å². The summed E-state index contributed by atoms with van der Waals surface area (Å²) in [6, 6.07) is 17.0. The summed E-state index contributed by atoms with van der Waals surface area (Å²) < 4.78 is 43.4. The Morgan fingerprint density at radius 1 is 0.967 bits per heavy atom. The van der Waals surface area contributed by atoms with Crippen LogP contribution in [-0.2, 0) is 10.0 Å². The number of aryl methyl sites for hydroxylation is 2. The van der Waals surface area contributed by atoms with Crippen molar-refractivity contribution in [1.82, 2.24) is 9.55 Å². The molecule has 3 aromatic carbocycles. The van der Waals surface area contributed by atoms with E-state index in [1.807, 2.05) is 0 Å². The molecule has 1 aromatic heterocycles. The fourth-order valence-corrected chi connectivity index (χ4v) is 4.43. The second-order valence-corrected chi connectivity index (χ2v) is 8.59. The molecule has 30 heavy (non-hydrogen) atoms. The molecule has 1 heterocycles. The molecule has 4 rings (SSSR count). The molecule has 0 radical (unpaired) electrons. The van der Waals surface area contributed by atoms with E-state index in [1.165, 1.54) is 28.8 Å². The SMILES string of the molecule is Cc1cccc(S(=O)(=O)Nc2cc(-n3c(C)nc4ccccc4c3=O)ccc2F)c1. The number of benzene rings is 3. The molecular formula is C22H18FN3O3S. The van der Waals surface area contributed by atoms with Gasteiger partial charge >= 0.3 is 0 Å². The third kappa shape index (κ3) is 3.57. The first-order chi connectivity index (χ1) is 14.3. The zero-order valence-electron chi connectivity index (χ0n) is 16.3. The summed E-state index contributed by atoms with van der Waals surface area (Å²) in [7, 11) is -4.01. The molecule has 152 valence electrons. The zero-order valence-corrected chi connectivity index (χ0v) is 17.1. The molecule has 0 unspecified atom stereocenters. The first-order valence-electron chi connectivity index (χ1n) is 9.14. The molecular weight excluding hydrogens is 405 g/mol. The Balaban J connectivity index is 1.82. The predicted octanol–water partition coefficient (Wildman–Crippen LogP) is 3.94. The number of rotatable bonds is 4. The molecule has 0 aliphatic carbocycles. The van der Waals surface area contributed by atoms with E-state index in [9.17, 15) is 17.6 Å². The van der Waals surface area contributed by atoms with E-state index in [1.54, 1.807) is 50.2 Å². The Kier molecular flexibility index (Phi) is 4.87. The van der Waals surface area contributed by atoms with Crippen LogP contribution in [0.25, 0.3) is 16.6 Å². The van der Waals surface area contributed by atoms with Gasteiger partial charge in [-0.3, -0.25) is 14.1 Å². The topological polar surface area (TPSA) is 81.1 Å². The molecule has 1 N–H and O–H groups in total. The van der Waals surface area contributed by atoms with Crippen LogP contribution >= 0.6 is 0 Å². The lowest BCUT2D eigenvalue weighted by Crippen LogP contribution is -2.22. The third-order valence-corrected chi connectivity index (χ3v) is 6.06. The van der Waals surface area contributed by atoms with Gasteiger partial charge in [-0.05, 0) is 61.9 Å². The third-order valence-electron chi connectivity index (χ3n) is 4.70. The number of nitrogens with one attached hydrogen (secondary N) is 1. The Bertz CT molecular complexity index is 1450. The molecule has 0 spiro atoms. The Morgan fingerprint density at radius 3 is 2.50 bits per heavy atom. The first-order valence-corrected chi connectivity index (χ1v) is 10.6. The normalized spacial score (nSPS) is 11.6. The second kappa shape index (κ2) is 7.38. The Morgan fingerprint density at radius 2 is 1.73 bits per heavy atom. The van der Waals surface area contributed by atoms with Crippen LogP contribution in [0.3, 0.4) is 0 Å². The molecule has 0 saturated heterocycles. The van der Waals surface area contributed by atoms with Gasteiger partial charge in [0.15, 0.2) is 0 Å². The molecule has 8 heteroatoms. The molecule has 0 aliphatic rings. The molecule has 0 saturated carbocycles. The maximum Gasteiger partial charge on any atom is 0.265 e. The van der Waals surface area contributed by atoms with Gasteiger partial charge in [0, 0.05) is 0 Å². The van der Waals surface area contributed by atoms with E-state index < -0.39 is 15.8 Å². The average Bonchev–Trinajstić information content (AvgIpc) is 2.70. The molecule has 0 bridgehead atoms. The maximum atomic E-state index is 14.4. The van der Waals surface area contributed by atoms with Gasteiger partial charge in [-0.2, -0.15) is 0 Å². The van der Waals surface area contributed by atoms with Crippen LogP contribution in [-0.4, -0.2) is 18.0 Å². The summed E-state index contributed by atoms with van der Waals surface area (Å²) >= 11 is 0. The van der Waals surface area contributed by atoms with Crippen molar-refractivity contribution in [3.05, 3.63) is 94.3 Å². The van der Waals surface area contributed by atoms with Gasteiger partial charge in [0.25, 0.3) is 15.6 Å². The van der Waals surface area contributed by atoms with Crippen molar-refractivity contribution in [3.63, 3.8) is 0 Å². The van der Waals surface area contributed by atoms with Crippen molar-refractivity contribution in [1.29, 1.82) is 0 Å². The number of hydrogen-bond donors (Lipinski definition) is 1. The quantitative estimate of drug-likeness (QED) is 0.539. The predicted molar refractivity (Wildman–Crippen MR) is 114 cm³/mol. The van der Waals surface area contributed by atoms with Crippen molar-refractivity contribution < 1.29 is 12.8 Å². The molecule has 0 amide bonds. The van der Waals surface area contributed by atoms with E-state index in [-0.39, 0.29) is 16.1 Å². The first kappa shape index (κ1) is 19.8. The standard InChI is InChI=1S/C22H18FN3O3S/c1-14-6-5-7-17(12-14)30(28,29)25-21-13-16(10-11-19(21)23)26-15(2)24-20-9-4-3-8-18(20)22(26)27/h3-13,25H,1-2H3. The fraction of sp³-hybridized carbons (Fsp3) is 0.0909. The van der Waals surface area contributed by atoms with Crippen LogP contribution in [0.15, 0.2) is 76.4 Å². The van der Waals surface area contributed by atoms with E-state index in [4.69, 9.17) is 0 Å². The monoisotopic (exact) mass is 423 g/mol. The summed E-state index contributed by atoms with van der Waals surface area (Å²) in [6.45, 7) is 3.43. The summed E-state index contributed by atoms with van der Waals surface area (Å²) in [5.41, 5.74) is 1.04. The van der Waals surface area contributed by atoms with Gasteiger partial charge < -0.3 is 0 Å². The Hall–Kier alpha value is -3.52. The fourth-order valence-electron chi connectivity index (χ4n) is 3.26. The van der Waals surface area contributed by atoms with Crippen LogP contribution < -0.4 is 10.3 Å². The van der Waals surface area contributed by atoms with E-state index >= 15 is 0 Å². The average molecular weight is 423 g/mol. The highest BCUT2D eigenvalue weighted by Gasteiger charge is 2.18. The largest absolute Gasteiger partial charge is 0.277 e. The van der Waals surface area contributed by atoms with Crippen molar-refractivity contribution in [3.8, 4) is 5.69 Å². The lowest BCUT2D eigenvalue weighted by molar-refractivity contribution is 0.598. The molecule has 0 fully saturated rings. The summed E-state index contributed by atoms with van der Waals surface area (Å²) in [4.78, 5) is 17.4. The number of sulfonamides is 1. The minimum Gasteiger partial charge on any atom is -0.277 e. The minimum absolute atomic E-state index is 0.0213. The summed E-state index contributed by atoms with van der Waals surface area (Å²) in [5.74, 6) is -0.354. The van der Waals surface area contributed by atoms with Crippen molar-refractivity contribution in [2.24, 2.45) is 0 Å². The van der Waals surface area contributed by atoms with Crippen LogP contribution in [0, 0.1) is 19.7 Å². The molecule has 0 aliphatic heterocycles. The summed E-state index contributed by atoms with van der Waals surface area (Å²) in [6.07, 6.45) is 0. The molecule has 6 nitrogen and oxygen atoms in total. The van der Waals surface area contributed by atoms with Gasteiger partial charge in [-0.1, -0.05) is 24.3 Å². The van der Waals surface area contributed by atoms with Gasteiger partial charge in [-0.15, -0.1) is 0 Å². The van der Waals surface area contributed by atoms with Gasteiger partial charge in [-0.25, -0.2) is 17.8 Å². The van der Waals surface area contributed by atoms with Gasteiger partial charge in [0.2, 0.25) is 0 Å². The van der Waals surface area contributed by atoms with Crippen molar-refractivity contribution in [2.75, 3.05) is 4.72 Å².